The van der Waals surface area contributed by atoms with Gasteiger partial charge < -0.3 is 19.4 Å². The normalized spacial score (nSPS) is 19.2. The molecule has 0 bridgehead atoms. The Morgan fingerprint density at radius 3 is 2.50 bits per heavy atom. The molecule has 3 aliphatic rings. The molecule has 1 amide bonds. The quantitative estimate of drug-likeness (QED) is 0.723. The van der Waals surface area contributed by atoms with Crippen LogP contribution in [-0.2, 0) is 24.3 Å². The number of carbonyl (C=O) groups excluding carboxylic acids is 1. The minimum absolute atomic E-state index is 0.263. The predicted molar refractivity (Wildman–Crippen MR) is 125 cm³/mol. The van der Waals surface area contributed by atoms with E-state index in [4.69, 9.17) is 14.7 Å². The second-order valence-corrected chi connectivity index (χ2v) is 9.35. The lowest BCUT2D eigenvalue weighted by molar-refractivity contribution is 0.0916. The Labute approximate surface area is 190 Å². The molecule has 2 fully saturated rings. The summed E-state index contributed by atoms with van der Waals surface area (Å²) >= 11 is 0. The fraction of sp³-hybridized carbons (Fsp3) is 0.560. The van der Waals surface area contributed by atoms with Crippen molar-refractivity contribution in [3.05, 3.63) is 47.2 Å². The lowest BCUT2D eigenvalue weighted by atomic mass is 9.98. The highest BCUT2D eigenvalue weighted by Gasteiger charge is 2.30. The van der Waals surface area contributed by atoms with Gasteiger partial charge in [0, 0.05) is 44.7 Å². The van der Waals surface area contributed by atoms with E-state index in [2.05, 4.69) is 16.7 Å². The van der Waals surface area contributed by atoms with Crippen LogP contribution in [0, 0.1) is 5.92 Å². The van der Waals surface area contributed by atoms with Crippen LogP contribution < -0.4 is 9.80 Å². The van der Waals surface area contributed by atoms with Crippen molar-refractivity contribution >= 4 is 17.9 Å². The first-order valence-corrected chi connectivity index (χ1v) is 12.0. The molecule has 2 aromatic rings. The van der Waals surface area contributed by atoms with Crippen molar-refractivity contribution in [2.24, 2.45) is 5.92 Å². The number of benzene rings is 1. The van der Waals surface area contributed by atoms with Gasteiger partial charge in [-0.05, 0) is 37.2 Å². The molecular formula is C25H33N5O2. The molecule has 4 heterocycles. The summed E-state index contributed by atoms with van der Waals surface area (Å²) in [4.78, 5) is 29.4. The molecular weight excluding hydrogens is 402 g/mol. The maximum Gasteiger partial charge on any atom is 0.410 e. The summed E-state index contributed by atoms with van der Waals surface area (Å²) in [7, 11) is 0. The van der Waals surface area contributed by atoms with Gasteiger partial charge in [0.15, 0.2) is 0 Å². The minimum atomic E-state index is -0.263. The summed E-state index contributed by atoms with van der Waals surface area (Å²) in [6, 6.07) is 9.83. The molecule has 0 unspecified atom stereocenters. The number of carbonyl (C=O) groups is 1. The van der Waals surface area contributed by atoms with Gasteiger partial charge in [0.05, 0.1) is 12.2 Å². The van der Waals surface area contributed by atoms with E-state index in [0.29, 0.717) is 19.7 Å². The first kappa shape index (κ1) is 21.0. The number of rotatable bonds is 4. The molecule has 0 spiro atoms. The number of ether oxygens (including phenoxy) is 1. The molecule has 5 rings (SSSR count). The zero-order valence-corrected chi connectivity index (χ0v) is 19.0. The largest absolute Gasteiger partial charge is 0.445 e. The molecule has 0 saturated carbocycles. The van der Waals surface area contributed by atoms with Crippen LogP contribution >= 0.6 is 0 Å². The minimum Gasteiger partial charge on any atom is -0.445 e. The van der Waals surface area contributed by atoms with Crippen molar-refractivity contribution in [1.82, 2.24) is 14.9 Å². The molecule has 0 N–H and O–H groups in total. The number of amides is 1. The van der Waals surface area contributed by atoms with Gasteiger partial charge in [0.1, 0.15) is 12.4 Å². The average molecular weight is 436 g/mol. The van der Waals surface area contributed by atoms with Gasteiger partial charge in [-0.3, -0.25) is 0 Å². The number of hydrogen-bond acceptors (Lipinski definition) is 6. The number of anilines is 2. The van der Waals surface area contributed by atoms with Crippen LogP contribution in [0.1, 0.15) is 49.4 Å². The number of aromatic nitrogens is 2. The average Bonchev–Trinajstić information content (AvgIpc) is 3.38. The maximum atomic E-state index is 12.8. The summed E-state index contributed by atoms with van der Waals surface area (Å²) in [5, 5.41) is 0. The van der Waals surface area contributed by atoms with E-state index in [0.717, 1.165) is 67.1 Å². The Hall–Kier alpha value is -2.83. The number of hydrogen-bond donors (Lipinski definition) is 0. The molecule has 7 heteroatoms. The fourth-order valence-corrected chi connectivity index (χ4v) is 4.89. The van der Waals surface area contributed by atoms with Crippen molar-refractivity contribution in [3.8, 4) is 0 Å². The first-order chi connectivity index (χ1) is 15.7. The van der Waals surface area contributed by atoms with E-state index in [1.807, 2.05) is 30.3 Å². The van der Waals surface area contributed by atoms with E-state index < -0.39 is 0 Å². The molecule has 7 nitrogen and oxygen atoms in total. The number of fused-ring (bicyclic) bond motifs is 1. The van der Waals surface area contributed by atoms with Crippen LogP contribution in [0.4, 0.5) is 16.6 Å². The summed E-state index contributed by atoms with van der Waals surface area (Å²) in [5.74, 6) is 2.66. The molecule has 0 radical (unpaired) electrons. The van der Waals surface area contributed by atoms with Crippen LogP contribution in [0.25, 0.3) is 0 Å². The molecule has 170 valence electrons. The Balaban J connectivity index is 1.36. The molecule has 32 heavy (non-hydrogen) atoms. The standard InChI is InChI=1S/C25H33N5O2/c1-19-9-14-28(15-10-19)23-21-17-30(25(31)32-18-20-7-3-2-4-8-20)16-11-22(21)26-24(27-23)29-12-5-6-13-29/h2-4,7-8,19H,5-6,9-18H2,1H3. The topological polar surface area (TPSA) is 61.8 Å². The monoisotopic (exact) mass is 435 g/mol. The Morgan fingerprint density at radius 1 is 1.00 bits per heavy atom. The summed E-state index contributed by atoms with van der Waals surface area (Å²) in [6.07, 6.45) is 5.26. The van der Waals surface area contributed by atoms with E-state index in [-0.39, 0.29) is 6.09 Å². The number of piperidine rings is 1. The van der Waals surface area contributed by atoms with E-state index in [1.165, 1.54) is 25.7 Å². The van der Waals surface area contributed by atoms with E-state index in [1.54, 1.807) is 4.90 Å². The molecule has 2 saturated heterocycles. The zero-order chi connectivity index (χ0) is 21.9. The van der Waals surface area contributed by atoms with Crippen LogP contribution in [0.3, 0.4) is 0 Å². The smallest absolute Gasteiger partial charge is 0.410 e. The highest BCUT2D eigenvalue weighted by Crippen LogP contribution is 2.32. The Morgan fingerprint density at radius 2 is 1.75 bits per heavy atom. The van der Waals surface area contributed by atoms with E-state index in [9.17, 15) is 4.79 Å². The summed E-state index contributed by atoms with van der Waals surface area (Å²) in [6.45, 7) is 7.88. The van der Waals surface area contributed by atoms with Crippen LogP contribution in [-0.4, -0.2) is 53.7 Å². The van der Waals surface area contributed by atoms with Crippen molar-refractivity contribution < 1.29 is 9.53 Å². The van der Waals surface area contributed by atoms with Gasteiger partial charge in [0.2, 0.25) is 5.95 Å². The SMILES string of the molecule is CC1CCN(c2nc(N3CCCC3)nc3c2CN(C(=O)OCc2ccccc2)CC3)CC1. The highest BCUT2D eigenvalue weighted by atomic mass is 16.6. The van der Waals surface area contributed by atoms with Gasteiger partial charge in [-0.1, -0.05) is 37.3 Å². The van der Waals surface area contributed by atoms with Crippen LogP contribution in [0.15, 0.2) is 30.3 Å². The first-order valence-electron chi connectivity index (χ1n) is 12.0. The van der Waals surface area contributed by atoms with Crippen molar-refractivity contribution in [2.75, 3.05) is 42.5 Å². The second-order valence-electron chi connectivity index (χ2n) is 9.35. The predicted octanol–water partition coefficient (Wildman–Crippen LogP) is 4.01. The third-order valence-corrected chi connectivity index (χ3v) is 6.96. The van der Waals surface area contributed by atoms with Gasteiger partial charge >= 0.3 is 6.09 Å². The van der Waals surface area contributed by atoms with Gasteiger partial charge in [-0.25, -0.2) is 9.78 Å². The van der Waals surface area contributed by atoms with E-state index >= 15 is 0 Å². The lowest BCUT2D eigenvalue weighted by Gasteiger charge is -2.36. The van der Waals surface area contributed by atoms with Crippen LogP contribution in [0.5, 0.6) is 0 Å². The summed E-state index contributed by atoms with van der Waals surface area (Å²) in [5.41, 5.74) is 3.20. The third-order valence-electron chi connectivity index (χ3n) is 6.96. The van der Waals surface area contributed by atoms with Crippen molar-refractivity contribution in [3.63, 3.8) is 0 Å². The van der Waals surface area contributed by atoms with Gasteiger partial charge in [0.25, 0.3) is 0 Å². The molecule has 1 aromatic carbocycles. The summed E-state index contributed by atoms with van der Waals surface area (Å²) < 4.78 is 5.61. The van der Waals surface area contributed by atoms with Crippen molar-refractivity contribution in [2.45, 2.75) is 52.2 Å². The van der Waals surface area contributed by atoms with Gasteiger partial charge in [-0.15, -0.1) is 0 Å². The van der Waals surface area contributed by atoms with Crippen LogP contribution in [0.2, 0.25) is 0 Å². The molecule has 0 aliphatic carbocycles. The third kappa shape index (κ3) is 4.52. The Kier molecular flexibility index (Phi) is 6.14. The lowest BCUT2D eigenvalue weighted by Crippen LogP contribution is -2.40. The Bertz CT molecular complexity index is 937. The highest BCUT2D eigenvalue weighted by molar-refractivity contribution is 5.69. The number of nitrogens with zero attached hydrogens (tertiary/aromatic N) is 5. The molecule has 1 aromatic heterocycles. The second kappa shape index (κ2) is 9.35. The van der Waals surface area contributed by atoms with Crippen molar-refractivity contribution in [1.29, 1.82) is 0 Å². The molecule has 0 atom stereocenters. The maximum absolute atomic E-state index is 12.8. The zero-order valence-electron chi connectivity index (χ0n) is 19.0. The molecule has 3 aliphatic heterocycles. The fourth-order valence-electron chi connectivity index (χ4n) is 4.89. The van der Waals surface area contributed by atoms with Gasteiger partial charge in [-0.2, -0.15) is 4.98 Å².